The van der Waals surface area contributed by atoms with Crippen molar-refractivity contribution in [2.45, 2.75) is 154 Å². The van der Waals surface area contributed by atoms with Gasteiger partial charge in [0.1, 0.15) is 5.15 Å². The third-order valence-corrected chi connectivity index (χ3v) is 8.95. The Balaban J connectivity index is 0. The lowest BCUT2D eigenvalue weighted by Gasteiger charge is -2.05. The largest absolute Gasteiger partial charge is 0.265 e. The minimum Gasteiger partial charge on any atom is -0.265 e. The maximum absolute atomic E-state index is 5.68. The molecule has 0 spiro atoms. The molecule has 298 valence electrons. The first-order chi connectivity index (χ1) is 24.2. The number of pyridine rings is 3. The highest BCUT2D eigenvalue weighted by molar-refractivity contribution is 6.29. The molecule has 0 radical (unpaired) electrons. The van der Waals surface area contributed by atoms with Crippen LogP contribution in [-0.2, 0) is 0 Å². The molecule has 0 bridgehead atoms. The van der Waals surface area contributed by atoms with Gasteiger partial charge in [0.25, 0.3) is 0 Å². The zero-order valence-electron chi connectivity index (χ0n) is 33.5. The van der Waals surface area contributed by atoms with Gasteiger partial charge in [0.05, 0.1) is 0 Å². The van der Waals surface area contributed by atoms with Crippen LogP contribution in [-0.4, -0.2) is 15.0 Å². The maximum Gasteiger partial charge on any atom is 0.129 e. The summed E-state index contributed by atoms with van der Waals surface area (Å²) in [6.45, 7) is 26.2. The van der Waals surface area contributed by atoms with E-state index in [4.69, 9.17) is 11.6 Å². The van der Waals surface area contributed by atoms with Crippen molar-refractivity contribution in [2.75, 3.05) is 0 Å². The third-order valence-electron chi connectivity index (χ3n) is 8.75. The lowest BCUT2D eigenvalue weighted by atomic mass is 10.0. The molecule has 0 aliphatic heterocycles. The molecular weight excluding hydrogens is 678 g/mol. The Morgan fingerprint density at radius 1 is 0.444 bits per heavy atom. The number of nitrogens with zero attached hydrogens (tertiary/aromatic N) is 3. The summed E-state index contributed by atoms with van der Waals surface area (Å²) in [4.78, 5) is 12.2. The van der Waals surface area contributed by atoms with Gasteiger partial charge < -0.3 is 0 Å². The van der Waals surface area contributed by atoms with E-state index in [1.807, 2.05) is 42.9 Å². The van der Waals surface area contributed by atoms with Crippen molar-refractivity contribution in [1.29, 1.82) is 0 Å². The maximum atomic E-state index is 5.68. The predicted molar refractivity (Wildman–Crippen MR) is 243 cm³/mol. The summed E-state index contributed by atoms with van der Waals surface area (Å²) in [6.07, 6.45) is 10.0. The van der Waals surface area contributed by atoms with E-state index in [1.165, 1.54) is 57.5 Å². The van der Waals surface area contributed by atoms with Crippen molar-refractivity contribution >= 4 is 11.6 Å². The summed E-state index contributed by atoms with van der Waals surface area (Å²) in [5, 5.41) is 0.575. The zero-order valence-corrected chi connectivity index (χ0v) is 34.2. The van der Waals surface area contributed by atoms with E-state index in [2.05, 4.69) is 159 Å². The van der Waals surface area contributed by atoms with Crippen molar-refractivity contribution in [1.82, 2.24) is 15.0 Å². The van der Waals surface area contributed by atoms with Gasteiger partial charge in [-0.1, -0.05) is 163 Å². The molecule has 0 amide bonds. The summed E-state index contributed by atoms with van der Waals surface area (Å²) in [7, 11) is 0. The first-order valence-corrected chi connectivity index (χ1v) is 19.2. The lowest BCUT2D eigenvalue weighted by Crippen LogP contribution is -1.91. The number of aromatic nitrogens is 3. The number of rotatable bonds is 6. The number of halogens is 1. The Hall–Kier alpha value is -3.82. The second-order valence-corrected chi connectivity index (χ2v) is 15.5. The minimum atomic E-state index is 0. The Kier molecular flexibility index (Phi) is 26.8. The lowest BCUT2D eigenvalue weighted by molar-refractivity contribution is 0.852. The van der Waals surface area contributed by atoms with Crippen LogP contribution < -0.4 is 0 Å². The van der Waals surface area contributed by atoms with Crippen LogP contribution in [0.3, 0.4) is 0 Å². The van der Waals surface area contributed by atoms with E-state index in [9.17, 15) is 0 Å². The zero-order chi connectivity index (χ0) is 37.9. The van der Waals surface area contributed by atoms with Crippen molar-refractivity contribution in [3.05, 3.63) is 160 Å². The highest BCUT2D eigenvalue weighted by Crippen LogP contribution is 2.39. The van der Waals surface area contributed by atoms with E-state index in [0.717, 1.165) is 5.92 Å². The van der Waals surface area contributed by atoms with Gasteiger partial charge in [-0.3, -0.25) is 9.97 Å². The van der Waals surface area contributed by atoms with Gasteiger partial charge >= 0.3 is 0 Å². The van der Waals surface area contributed by atoms with Crippen LogP contribution in [0.15, 0.2) is 110 Å². The van der Waals surface area contributed by atoms with Crippen LogP contribution in [0.1, 0.15) is 185 Å². The molecule has 0 unspecified atom stereocenters. The van der Waals surface area contributed by atoms with Gasteiger partial charge in [-0.2, -0.15) is 0 Å². The Morgan fingerprint density at radius 3 is 1.09 bits per heavy atom. The van der Waals surface area contributed by atoms with Crippen LogP contribution in [0, 0.1) is 13.8 Å². The van der Waals surface area contributed by atoms with Crippen molar-refractivity contribution in [2.24, 2.45) is 0 Å². The van der Waals surface area contributed by atoms with E-state index in [0.29, 0.717) is 34.7 Å². The normalized spacial score (nSPS) is 11.2. The predicted octanol–water partition coefficient (Wildman–Crippen LogP) is 16.3. The number of hydrogen-bond acceptors (Lipinski definition) is 3. The van der Waals surface area contributed by atoms with Crippen LogP contribution in [0.5, 0.6) is 0 Å². The molecule has 54 heavy (non-hydrogen) atoms. The van der Waals surface area contributed by atoms with Crippen LogP contribution in [0.2, 0.25) is 5.15 Å². The molecule has 0 atom stereocenters. The van der Waals surface area contributed by atoms with Crippen LogP contribution >= 0.6 is 11.6 Å². The van der Waals surface area contributed by atoms with E-state index in [-0.39, 0.29) is 22.3 Å². The summed E-state index contributed by atoms with van der Waals surface area (Å²) >= 11 is 5.68. The monoisotopic (exact) mass is 754 g/mol. The number of benzene rings is 2. The van der Waals surface area contributed by atoms with Crippen molar-refractivity contribution < 1.29 is 0 Å². The SMILES string of the molecule is C.C.C.CC(C)c1ccnc(C2CC2)c1.CC(C)c1ccnc(Cl)c1.CC(C)c1ccncc1.Cc1ccc(C(C)C)cc1.Cc1ccc(C(C)C)cc1. The molecule has 3 heterocycles. The molecule has 5 aromatic rings. The van der Waals surface area contributed by atoms with Crippen LogP contribution in [0.4, 0.5) is 0 Å². The van der Waals surface area contributed by atoms with Crippen molar-refractivity contribution in [3.8, 4) is 0 Å². The molecule has 1 saturated carbocycles. The standard InChI is InChI=1S/C11H15N.2C10H14.C8H10ClN.C8H11N.3CH4/c1-8(2)10-5-6-12-11(7-10)9-3-4-9;2*1-8(2)10-6-4-9(3)5-7-10;1-6(2)7-3-4-10-8(9)5-7;1-7(2)8-3-5-9-6-4-8;;;/h5-9H,3-4H2,1-2H3;2*4-8H,1-3H3;3-6H,1-2H3;3-7H,1-2H3;3*1H4. The first kappa shape index (κ1) is 52.3. The number of aryl methyl sites for hydroxylation is 2. The van der Waals surface area contributed by atoms with Gasteiger partial charge in [-0.05, 0) is 120 Å². The third kappa shape index (κ3) is 21.2. The highest BCUT2D eigenvalue weighted by atomic mass is 35.5. The molecule has 0 N–H and O–H groups in total. The Morgan fingerprint density at radius 2 is 0.778 bits per heavy atom. The topological polar surface area (TPSA) is 38.7 Å². The van der Waals surface area contributed by atoms with Gasteiger partial charge in [-0.15, -0.1) is 0 Å². The van der Waals surface area contributed by atoms with Gasteiger partial charge in [0.2, 0.25) is 0 Å². The van der Waals surface area contributed by atoms with E-state index < -0.39 is 0 Å². The molecule has 4 heteroatoms. The minimum absolute atomic E-state index is 0. The molecule has 3 aromatic heterocycles. The molecule has 1 fully saturated rings. The highest BCUT2D eigenvalue weighted by Gasteiger charge is 2.24. The molecule has 1 aliphatic carbocycles. The van der Waals surface area contributed by atoms with Crippen molar-refractivity contribution in [3.63, 3.8) is 0 Å². The number of hydrogen-bond donors (Lipinski definition) is 0. The summed E-state index contributed by atoms with van der Waals surface area (Å²) < 4.78 is 0. The molecule has 0 saturated heterocycles. The van der Waals surface area contributed by atoms with Crippen LogP contribution in [0.25, 0.3) is 0 Å². The van der Waals surface area contributed by atoms with E-state index >= 15 is 0 Å². The fourth-order valence-electron chi connectivity index (χ4n) is 4.85. The average Bonchev–Trinajstić information content (AvgIpc) is 3.96. The second-order valence-electron chi connectivity index (χ2n) is 15.1. The van der Waals surface area contributed by atoms with E-state index in [1.54, 1.807) is 6.20 Å². The molecular formula is C50H76ClN3. The van der Waals surface area contributed by atoms with Gasteiger partial charge in [0.15, 0.2) is 0 Å². The summed E-state index contributed by atoms with van der Waals surface area (Å²) in [5.74, 6) is 3.86. The molecule has 6 rings (SSSR count). The Labute approximate surface area is 338 Å². The molecule has 3 nitrogen and oxygen atoms in total. The van der Waals surface area contributed by atoms with Gasteiger partial charge in [-0.25, -0.2) is 4.98 Å². The quantitative estimate of drug-likeness (QED) is 0.162. The first-order valence-electron chi connectivity index (χ1n) is 18.8. The fourth-order valence-corrected chi connectivity index (χ4v) is 5.04. The second kappa shape index (κ2) is 27.7. The fraction of sp³-hybridized carbons (Fsp3) is 0.460. The summed E-state index contributed by atoms with van der Waals surface area (Å²) in [6, 6.07) is 29.8. The smallest absolute Gasteiger partial charge is 0.129 e. The molecule has 2 aromatic carbocycles. The molecule has 1 aliphatic rings. The summed E-state index contributed by atoms with van der Waals surface area (Å²) in [5.41, 5.74) is 10.8. The Bertz CT molecular complexity index is 1570. The van der Waals surface area contributed by atoms with Gasteiger partial charge in [0, 0.05) is 36.4 Å². The average molecular weight is 755 g/mol.